The van der Waals surface area contributed by atoms with E-state index < -0.39 is 21.8 Å². The number of carbonyl (C=O) groups is 2. The number of carbonyl (C=O) groups excluding carboxylic acids is 2. The molecule has 0 aromatic heterocycles. The van der Waals surface area contributed by atoms with Crippen LogP contribution in [0.3, 0.4) is 0 Å². The highest BCUT2D eigenvalue weighted by molar-refractivity contribution is 7.89. The number of hydrogen-bond donors (Lipinski definition) is 3. The van der Waals surface area contributed by atoms with E-state index in [-0.39, 0.29) is 12.3 Å². The van der Waals surface area contributed by atoms with Gasteiger partial charge < -0.3 is 15.5 Å². The molecule has 9 heteroatoms. The van der Waals surface area contributed by atoms with Crippen LogP contribution in [0.2, 0.25) is 0 Å². The van der Waals surface area contributed by atoms with Crippen LogP contribution in [0.25, 0.3) is 0 Å². The van der Waals surface area contributed by atoms with E-state index in [4.69, 9.17) is 0 Å². The summed E-state index contributed by atoms with van der Waals surface area (Å²) in [5.41, 5.74) is 0. The molecule has 0 aliphatic carbocycles. The van der Waals surface area contributed by atoms with Gasteiger partial charge >= 0.3 is 11.8 Å². The van der Waals surface area contributed by atoms with Crippen molar-refractivity contribution in [1.82, 2.24) is 20.3 Å². The monoisotopic (exact) mass is 292 g/mol. The van der Waals surface area contributed by atoms with Gasteiger partial charge in [-0.15, -0.1) is 0 Å². The number of nitrogens with one attached hydrogen (secondary N) is 3. The Morgan fingerprint density at radius 1 is 1.26 bits per heavy atom. The third-order valence-electron chi connectivity index (χ3n) is 2.62. The summed E-state index contributed by atoms with van der Waals surface area (Å²) >= 11 is 0. The fourth-order valence-electron chi connectivity index (χ4n) is 1.68. The molecule has 1 rings (SSSR count). The molecule has 1 aliphatic rings. The first-order valence-corrected chi connectivity index (χ1v) is 7.86. The molecule has 110 valence electrons. The fraction of sp³-hybridized carbons (Fsp3) is 0.800. The number of sulfonamides is 1. The Hall–Kier alpha value is -1.19. The van der Waals surface area contributed by atoms with Crippen LogP contribution in [0.4, 0.5) is 0 Å². The minimum Gasteiger partial charge on any atom is -0.347 e. The topological polar surface area (TPSA) is 108 Å². The van der Waals surface area contributed by atoms with Gasteiger partial charge in [-0.25, -0.2) is 13.1 Å². The lowest BCUT2D eigenvalue weighted by molar-refractivity contribution is -0.146. The number of rotatable bonds is 5. The van der Waals surface area contributed by atoms with Crippen molar-refractivity contribution in [2.75, 3.05) is 45.0 Å². The maximum Gasteiger partial charge on any atom is 0.311 e. The largest absolute Gasteiger partial charge is 0.347 e. The molecule has 0 bridgehead atoms. The van der Waals surface area contributed by atoms with Gasteiger partial charge in [0.25, 0.3) is 0 Å². The van der Waals surface area contributed by atoms with Crippen LogP contribution in [0.5, 0.6) is 0 Å². The average molecular weight is 292 g/mol. The Morgan fingerprint density at radius 2 is 1.89 bits per heavy atom. The normalized spacial score (nSPS) is 16.2. The molecule has 0 spiro atoms. The van der Waals surface area contributed by atoms with Gasteiger partial charge in [-0.1, -0.05) is 6.92 Å². The van der Waals surface area contributed by atoms with Gasteiger partial charge in [-0.2, -0.15) is 0 Å². The molecule has 1 saturated heterocycles. The lowest BCUT2D eigenvalue weighted by Gasteiger charge is -2.26. The predicted octanol–water partition coefficient (Wildman–Crippen LogP) is -2.53. The SMILES string of the molecule is CCNS(=O)(=O)CCNC(=O)C(=O)N1CCNCC1. The molecule has 3 N–H and O–H groups in total. The van der Waals surface area contributed by atoms with E-state index in [0.29, 0.717) is 32.7 Å². The summed E-state index contributed by atoms with van der Waals surface area (Å²) in [6, 6.07) is 0. The van der Waals surface area contributed by atoms with Crippen LogP contribution < -0.4 is 15.4 Å². The molecule has 0 atom stereocenters. The molecule has 1 aliphatic heterocycles. The van der Waals surface area contributed by atoms with Crippen molar-refractivity contribution in [3.63, 3.8) is 0 Å². The summed E-state index contributed by atoms with van der Waals surface area (Å²) in [6.45, 7) is 4.19. The predicted molar refractivity (Wildman–Crippen MR) is 69.9 cm³/mol. The van der Waals surface area contributed by atoms with Gasteiger partial charge in [0, 0.05) is 39.3 Å². The minimum absolute atomic E-state index is 0.0774. The first-order valence-electron chi connectivity index (χ1n) is 6.21. The molecule has 0 saturated carbocycles. The van der Waals surface area contributed by atoms with Crippen molar-refractivity contribution >= 4 is 21.8 Å². The summed E-state index contributed by atoms with van der Waals surface area (Å²) in [5.74, 6) is -1.60. The van der Waals surface area contributed by atoms with Crippen molar-refractivity contribution in [3.05, 3.63) is 0 Å². The zero-order chi connectivity index (χ0) is 14.3. The average Bonchev–Trinajstić information content (AvgIpc) is 2.38. The maximum atomic E-state index is 11.7. The fourth-order valence-corrected chi connectivity index (χ4v) is 2.63. The number of amides is 2. The first kappa shape index (κ1) is 15.9. The summed E-state index contributed by atoms with van der Waals surface area (Å²) in [5, 5.41) is 5.40. The quantitative estimate of drug-likeness (QED) is 0.485. The van der Waals surface area contributed by atoms with E-state index >= 15 is 0 Å². The van der Waals surface area contributed by atoms with Gasteiger partial charge in [-0.3, -0.25) is 9.59 Å². The Morgan fingerprint density at radius 3 is 2.47 bits per heavy atom. The number of nitrogens with zero attached hydrogens (tertiary/aromatic N) is 1. The second kappa shape index (κ2) is 7.41. The summed E-state index contributed by atoms with van der Waals surface area (Å²) in [7, 11) is -3.38. The zero-order valence-electron chi connectivity index (χ0n) is 10.9. The summed E-state index contributed by atoms with van der Waals surface area (Å²) in [4.78, 5) is 24.7. The molecule has 1 fully saturated rings. The zero-order valence-corrected chi connectivity index (χ0v) is 11.8. The maximum absolute atomic E-state index is 11.7. The Kier molecular flexibility index (Phi) is 6.19. The van der Waals surface area contributed by atoms with Crippen LogP contribution in [-0.2, 0) is 19.6 Å². The van der Waals surface area contributed by atoms with E-state index in [1.807, 2.05) is 0 Å². The third kappa shape index (κ3) is 5.53. The van der Waals surface area contributed by atoms with Crippen LogP contribution in [-0.4, -0.2) is 70.2 Å². The van der Waals surface area contributed by atoms with Crippen LogP contribution in [0.1, 0.15) is 6.92 Å². The molecular weight excluding hydrogens is 272 g/mol. The molecule has 0 unspecified atom stereocenters. The molecule has 8 nitrogen and oxygen atoms in total. The second-order valence-electron chi connectivity index (χ2n) is 4.11. The summed E-state index contributed by atoms with van der Waals surface area (Å²) < 4.78 is 24.9. The van der Waals surface area contributed by atoms with Crippen LogP contribution in [0, 0.1) is 0 Å². The molecule has 19 heavy (non-hydrogen) atoms. The van der Waals surface area contributed by atoms with Crippen molar-refractivity contribution < 1.29 is 18.0 Å². The van der Waals surface area contributed by atoms with Crippen molar-refractivity contribution in [2.24, 2.45) is 0 Å². The second-order valence-corrected chi connectivity index (χ2v) is 6.04. The van der Waals surface area contributed by atoms with E-state index in [0.717, 1.165) is 0 Å². The molecule has 0 aromatic rings. The highest BCUT2D eigenvalue weighted by Crippen LogP contribution is 1.93. The Bertz CT molecular complexity index is 417. The number of piperazine rings is 1. The molecule has 0 radical (unpaired) electrons. The van der Waals surface area contributed by atoms with Gasteiger partial charge in [-0.05, 0) is 0 Å². The van der Waals surface area contributed by atoms with E-state index in [9.17, 15) is 18.0 Å². The van der Waals surface area contributed by atoms with E-state index in [1.165, 1.54) is 4.90 Å². The van der Waals surface area contributed by atoms with E-state index in [1.54, 1.807) is 6.92 Å². The van der Waals surface area contributed by atoms with Crippen molar-refractivity contribution in [2.45, 2.75) is 6.92 Å². The lowest BCUT2D eigenvalue weighted by Crippen LogP contribution is -2.51. The van der Waals surface area contributed by atoms with Crippen molar-refractivity contribution in [1.29, 1.82) is 0 Å². The van der Waals surface area contributed by atoms with Crippen molar-refractivity contribution in [3.8, 4) is 0 Å². The molecular formula is C10H20N4O4S. The van der Waals surface area contributed by atoms with E-state index in [2.05, 4.69) is 15.4 Å². The number of hydrogen-bond acceptors (Lipinski definition) is 5. The van der Waals surface area contributed by atoms with Gasteiger partial charge in [0.1, 0.15) is 0 Å². The van der Waals surface area contributed by atoms with Crippen LogP contribution in [0.15, 0.2) is 0 Å². The minimum atomic E-state index is -3.38. The third-order valence-corrected chi connectivity index (χ3v) is 4.09. The smallest absolute Gasteiger partial charge is 0.311 e. The van der Waals surface area contributed by atoms with Gasteiger partial charge in [0.05, 0.1) is 5.75 Å². The lowest BCUT2D eigenvalue weighted by atomic mass is 10.3. The van der Waals surface area contributed by atoms with Gasteiger partial charge in [0.15, 0.2) is 0 Å². The Labute approximate surface area is 113 Å². The summed E-state index contributed by atoms with van der Waals surface area (Å²) in [6.07, 6.45) is 0. The van der Waals surface area contributed by atoms with Gasteiger partial charge in [0.2, 0.25) is 10.0 Å². The molecule has 1 heterocycles. The first-order chi connectivity index (χ1) is 8.96. The highest BCUT2D eigenvalue weighted by atomic mass is 32.2. The van der Waals surface area contributed by atoms with Crippen LogP contribution >= 0.6 is 0 Å². The molecule has 2 amide bonds. The molecule has 0 aromatic carbocycles. The highest BCUT2D eigenvalue weighted by Gasteiger charge is 2.23. The Balaban J connectivity index is 2.32. The standard InChI is InChI=1S/C10H20N4O4S/c1-2-13-19(17,18)8-5-12-9(15)10(16)14-6-3-11-4-7-14/h11,13H,2-8H2,1H3,(H,12,15).